The van der Waals surface area contributed by atoms with E-state index in [4.69, 9.17) is 4.42 Å². The van der Waals surface area contributed by atoms with Crippen molar-refractivity contribution in [3.8, 4) is 0 Å². The van der Waals surface area contributed by atoms with Crippen molar-refractivity contribution in [2.24, 2.45) is 0 Å². The molecule has 0 bridgehead atoms. The fourth-order valence-corrected chi connectivity index (χ4v) is 4.32. The van der Waals surface area contributed by atoms with E-state index in [0.29, 0.717) is 17.7 Å². The van der Waals surface area contributed by atoms with E-state index in [1.165, 1.54) is 14.1 Å². The van der Waals surface area contributed by atoms with Crippen LogP contribution in [-0.4, -0.2) is 37.3 Å². The Labute approximate surface area is 171 Å². The Morgan fingerprint density at radius 3 is 2.52 bits per heavy atom. The molecule has 0 atom stereocenters. The molecule has 0 aliphatic carbocycles. The third kappa shape index (κ3) is 4.28. The average Bonchev–Trinajstić information content (AvgIpc) is 3.30. The quantitative estimate of drug-likeness (QED) is 0.643. The van der Waals surface area contributed by atoms with Crippen LogP contribution in [0.1, 0.15) is 33.1 Å². The van der Waals surface area contributed by atoms with Gasteiger partial charge >= 0.3 is 0 Å². The molecule has 3 rings (SSSR count). The highest BCUT2D eigenvalue weighted by Crippen LogP contribution is 2.20. The van der Waals surface area contributed by atoms with Gasteiger partial charge in [0.15, 0.2) is 0 Å². The molecule has 0 radical (unpaired) electrons. The van der Waals surface area contributed by atoms with Crippen LogP contribution in [0.2, 0.25) is 0 Å². The van der Waals surface area contributed by atoms with Crippen LogP contribution in [0, 0.1) is 13.8 Å². The standard InChI is InChI=1S/C21H25N3O4S/c1-15-12-19(16(2)24(15)14-18-9-7-11-28-18)21(25)22-13-17-8-5-6-10-20(17)29(26,27)23(3)4/h5-12H,13-14H2,1-4H3,(H,22,25). The lowest BCUT2D eigenvalue weighted by Gasteiger charge is -2.15. The SMILES string of the molecule is Cc1cc(C(=O)NCc2ccccc2S(=O)(=O)N(C)C)c(C)n1Cc1ccco1. The fraction of sp³-hybridized carbons (Fsp3) is 0.286. The van der Waals surface area contributed by atoms with E-state index < -0.39 is 10.0 Å². The Hall–Kier alpha value is -2.84. The van der Waals surface area contributed by atoms with Crippen molar-refractivity contribution < 1.29 is 17.6 Å². The second kappa shape index (κ2) is 8.26. The predicted molar refractivity (Wildman–Crippen MR) is 110 cm³/mol. The van der Waals surface area contributed by atoms with Gasteiger partial charge in [-0.25, -0.2) is 12.7 Å². The summed E-state index contributed by atoms with van der Waals surface area (Å²) in [5, 5.41) is 2.85. The fourth-order valence-electron chi connectivity index (χ4n) is 3.20. The van der Waals surface area contributed by atoms with Gasteiger partial charge in [0.25, 0.3) is 5.91 Å². The van der Waals surface area contributed by atoms with E-state index in [1.54, 1.807) is 30.5 Å². The van der Waals surface area contributed by atoms with Crippen LogP contribution in [0.25, 0.3) is 0 Å². The summed E-state index contributed by atoms with van der Waals surface area (Å²) in [5.74, 6) is 0.558. The number of carbonyl (C=O) groups excluding carboxylic acids is 1. The summed E-state index contributed by atoms with van der Waals surface area (Å²) in [6, 6.07) is 12.2. The van der Waals surface area contributed by atoms with Gasteiger partial charge in [-0.3, -0.25) is 4.79 Å². The van der Waals surface area contributed by atoms with Crippen molar-refractivity contribution >= 4 is 15.9 Å². The van der Waals surface area contributed by atoms with Crippen molar-refractivity contribution in [3.05, 3.63) is 77.0 Å². The number of hydrogen-bond donors (Lipinski definition) is 1. The zero-order valence-corrected chi connectivity index (χ0v) is 17.8. The van der Waals surface area contributed by atoms with E-state index in [9.17, 15) is 13.2 Å². The number of nitrogens with one attached hydrogen (secondary N) is 1. The van der Waals surface area contributed by atoms with Crippen LogP contribution in [0.3, 0.4) is 0 Å². The number of amides is 1. The molecule has 0 aliphatic rings. The summed E-state index contributed by atoms with van der Waals surface area (Å²) >= 11 is 0. The van der Waals surface area contributed by atoms with Gasteiger partial charge in [0.05, 0.1) is 23.3 Å². The molecular formula is C21H25N3O4S. The minimum absolute atomic E-state index is 0.115. The highest BCUT2D eigenvalue weighted by Gasteiger charge is 2.22. The maximum absolute atomic E-state index is 12.8. The molecule has 154 valence electrons. The van der Waals surface area contributed by atoms with Crippen molar-refractivity contribution in [1.82, 2.24) is 14.2 Å². The molecule has 0 spiro atoms. The first-order valence-corrected chi connectivity index (χ1v) is 10.6. The van der Waals surface area contributed by atoms with Crippen LogP contribution in [0.4, 0.5) is 0 Å². The average molecular weight is 416 g/mol. The Bertz CT molecular complexity index is 1110. The van der Waals surface area contributed by atoms with Crippen LogP contribution in [0.5, 0.6) is 0 Å². The molecule has 2 heterocycles. The van der Waals surface area contributed by atoms with Crippen LogP contribution >= 0.6 is 0 Å². The minimum Gasteiger partial charge on any atom is -0.467 e. The molecule has 3 aromatic rings. The van der Waals surface area contributed by atoms with Gasteiger partial charge in [0.2, 0.25) is 10.0 Å². The zero-order chi connectivity index (χ0) is 21.2. The predicted octanol–water partition coefficient (Wildman–Crippen LogP) is 2.93. The van der Waals surface area contributed by atoms with Gasteiger partial charge < -0.3 is 14.3 Å². The van der Waals surface area contributed by atoms with Crippen molar-refractivity contribution in [2.45, 2.75) is 31.8 Å². The summed E-state index contributed by atoms with van der Waals surface area (Å²) in [6.45, 7) is 4.48. The van der Waals surface area contributed by atoms with Gasteiger partial charge in [-0.05, 0) is 43.7 Å². The number of furan rings is 1. The number of rotatable bonds is 7. The second-order valence-electron chi connectivity index (χ2n) is 7.03. The molecule has 0 saturated carbocycles. The van der Waals surface area contributed by atoms with Crippen molar-refractivity contribution in [3.63, 3.8) is 0 Å². The van der Waals surface area contributed by atoms with E-state index in [0.717, 1.165) is 21.5 Å². The van der Waals surface area contributed by atoms with Gasteiger partial charge in [0.1, 0.15) is 5.76 Å². The largest absolute Gasteiger partial charge is 0.467 e. The summed E-state index contributed by atoms with van der Waals surface area (Å²) in [7, 11) is -0.623. The lowest BCUT2D eigenvalue weighted by atomic mass is 10.2. The summed E-state index contributed by atoms with van der Waals surface area (Å²) < 4.78 is 33.6. The number of carbonyl (C=O) groups is 1. The lowest BCUT2D eigenvalue weighted by molar-refractivity contribution is 0.0949. The topological polar surface area (TPSA) is 84.5 Å². The summed E-state index contributed by atoms with van der Waals surface area (Å²) in [5.41, 5.74) is 2.87. The molecule has 8 heteroatoms. The number of aromatic nitrogens is 1. The summed E-state index contributed by atoms with van der Waals surface area (Å²) in [4.78, 5) is 13.0. The third-order valence-electron chi connectivity index (χ3n) is 4.88. The Morgan fingerprint density at radius 1 is 1.14 bits per heavy atom. The molecule has 0 saturated heterocycles. The minimum atomic E-state index is -3.59. The van der Waals surface area contributed by atoms with Crippen LogP contribution in [0.15, 0.2) is 58.0 Å². The van der Waals surface area contributed by atoms with E-state index in [1.807, 2.05) is 36.6 Å². The summed E-state index contributed by atoms with van der Waals surface area (Å²) in [6.07, 6.45) is 1.62. The molecule has 1 amide bonds. The lowest BCUT2D eigenvalue weighted by Crippen LogP contribution is -2.27. The molecule has 1 aromatic carbocycles. The second-order valence-corrected chi connectivity index (χ2v) is 9.15. The zero-order valence-electron chi connectivity index (χ0n) is 17.0. The number of benzene rings is 1. The number of aryl methyl sites for hydroxylation is 1. The van der Waals surface area contributed by atoms with E-state index in [-0.39, 0.29) is 17.3 Å². The van der Waals surface area contributed by atoms with Gasteiger partial charge in [-0.2, -0.15) is 0 Å². The van der Waals surface area contributed by atoms with Gasteiger partial charge in [0, 0.05) is 32.0 Å². The molecule has 7 nitrogen and oxygen atoms in total. The Morgan fingerprint density at radius 2 is 1.86 bits per heavy atom. The van der Waals surface area contributed by atoms with E-state index >= 15 is 0 Å². The molecule has 2 aromatic heterocycles. The number of nitrogens with zero attached hydrogens (tertiary/aromatic N) is 2. The molecule has 0 fully saturated rings. The normalized spacial score (nSPS) is 11.8. The number of sulfonamides is 1. The smallest absolute Gasteiger partial charge is 0.253 e. The highest BCUT2D eigenvalue weighted by atomic mass is 32.2. The molecule has 1 N–H and O–H groups in total. The first-order chi connectivity index (χ1) is 13.7. The van der Waals surface area contributed by atoms with Crippen molar-refractivity contribution in [1.29, 1.82) is 0 Å². The van der Waals surface area contributed by atoms with Crippen LogP contribution < -0.4 is 5.32 Å². The third-order valence-corrected chi connectivity index (χ3v) is 6.80. The van der Waals surface area contributed by atoms with Gasteiger partial charge in [-0.1, -0.05) is 18.2 Å². The Balaban J connectivity index is 1.79. The maximum atomic E-state index is 12.8. The molecule has 29 heavy (non-hydrogen) atoms. The van der Waals surface area contributed by atoms with Gasteiger partial charge in [-0.15, -0.1) is 0 Å². The highest BCUT2D eigenvalue weighted by molar-refractivity contribution is 7.89. The van der Waals surface area contributed by atoms with E-state index in [2.05, 4.69) is 5.32 Å². The molecule has 0 unspecified atom stereocenters. The molecular weight excluding hydrogens is 390 g/mol. The first kappa shape index (κ1) is 20.9. The monoisotopic (exact) mass is 415 g/mol. The molecule has 0 aliphatic heterocycles. The number of hydrogen-bond acceptors (Lipinski definition) is 4. The Kier molecular flexibility index (Phi) is 5.95. The van der Waals surface area contributed by atoms with Crippen LogP contribution in [-0.2, 0) is 23.1 Å². The first-order valence-electron chi connectivity index (χ1n) is 9.19. The maximum Gasteiger partial charge on any atom is 0.253 e. The van der Waals surface area contributed by atoms with Crippen molar-refractivity contribution in [2.75, 3.05) is 14.1 Å².